The van der Waals surface area contributed by atoms with E-state index in [0.717, 1.165) is 12.8 Å². The Bertz CT molecular complexity index is 165. The van der Waals surface area contributed by atoms with Gasteiger partial charge in [0.25, 0.3) is 0 Å². The van der Waals surface area contributed by atoms with Gasteiger partial charge in [0, 0.05) is 0 Å². The molecule has 0 aromatic rings. The number of aliphatic carboxylic acids is 1. The highest BCUT2D eigenvalue weighted by Gasteiger charge is 2.30. The minimum atomic E-state index is -0.676. The van der Waals surface area contributed by atoms with Crippen LogP contribution in [0.3, 0.4) is 0 Å². The molecule has 0 aromatic heterocycles. The van der Waals surface area contributed by atoms with E-state index in [0.29, 0.717) is 6.42 Å². The molecular formula is C9H16O3. The highest BCUT2D eigenvalue weighted by atomic mass is 16.5. The molecule has 2 atom stereocenters. The molecule has 1 fully saturated rings. The number of carboxylic acids is 1. The van der Waals surface area contributed by atoms with Crippen LogP contribution in [0.2, 0.25) is 0 Å². The van der Waals surface area contributed by atoms with Crippen molar-refractivity contribution in [2.45, 2.75) is 45.3 Å². The number of rotatable bonds is 3. The van der Waals surface area contributed by atoms with Gasteiger partial charge < -0.3 is 9.84 Å². The Hall–Kier alpha value is -0.570. The van der Waals surface area contributed by atoms with Crippen LogP contribution in [0.4, 0.5) is 0 Å². The lowest BCUT2D eigenvalue weighted by molar-refractivity contribution is -0.141. The monoisotopic (exact) mass is 172 g/mol. The van der Waals surface area contributed by atoms with Crippen molar-refractivity contribution in [3.8, 4) is 0 Å². The molecule has 1 N–H and O–H groups in total. The van der Waals surface area contributed by atoms with Gasteiger partial charge in [-0.1, -0.05) is 0 Å². The number of hydrogen-bond acceptors (Lipinski definition) is 2. The van der Waals surface area contributed by atoms with Gasteiger partial charge in [0.15, 0.2) is 0 Å². The maximum absolute atomic E-state index is 10.6. The molecule has 12 heavy (non-hydrogen) atoms. The predicted molar refractivity (Wildman–Crippen MR) is 45.0 cm³/mol. The second kappa shape index (κ2) is 3.90. The van der Waals surface area contributed by atoms with Crippen LogP contribution >= 0.6 is 0 Å². The zero-order valence-corrected chi connectivity index (χ0v) is 7.62. The number of hydrogen-bond donors (Lipinski definition) is 1. The Morgan fingerprint density at radius 1 is 1.50 bits per heavy atom. The van der Waals surface area contributed by atoms with Gasteiger partial charge in [-0.3, -0.25) is 4.79 Å². The van der Waals surface area contributed by atoms with Crippen LogP contribution in [0, 0.1) is 5.92 Å². The second-order valence-electron chi connectivity index (χ2n) is 3.66. The molecule has 0 saturated heterocycles. The Morgan fingerprint density at radius 3 is 2.58 bits per heavy atom. The molecule has 0 amide bonds. The summed E-state index contributed by atoms with van der Waals surface area (Å²) >= 11 is 0. The predicted octanol–water partition coefficient (Wildman–Crippen LogP) is 1.66. The fourth-order valence-electron chi connectivity index (χ4n) is 1.67. The van der Waals surface area contributed by atoms with Gasteiger partial charge in [-0.2, -0.15) is 0 Å². The van der Waals surface area contributed by atoms with Crippen molar-refractivity contribution in [3.05, 3.63) is 0 Å². The molecule has 1 aliphatic rings. The van der Waals surface area contributed by atoms with Gasteiger partial charge in [-0.25, -0.2) is 0 Å². The van der Waals surface area contributed by atoms with Crippen molar-refractivity contribution in [1.82, 2.24) is 0 Å². The van der Waals surface area contributed by atoms with Crippen molar-refractivity contribution in [2.75, 3.05) is 0 Å². The summed E-state index contributed by atoms with van der Waals surface area (Å²) in [5, 5.41) is 8.71. The third-order valence-electron chi connectivity index (χ3n) is 2.20. The topological polar surface area (TPSA) is 46.5 Å². The average Bonchev–Trinajstić information content (AvgIpc) is 2.34. The highest BCUT2D eigenvalue weighted by molar-refractivity contribution is 5.70. The lowest BCUT2D eigenvalue weighted by Gasteiger charge is -2.14. The smallest absolute Gasteiger partial charge is 0.306 e. The van der Waals surface area contributed by atoms with Crippen molar-refractivity contribution in [3.63, 3.8) is 0 Å². The first-order chi connectivity index (χ1) is 5.59. The molecule has 0 heterocycles. The van der Waals surface area contributed by atoms with Gasteiger partial charge in [0.05, 0.1) is 18.1 Å². The highest BCUT2D eigenvalue weighted by Crippen LogP contribution is 2.28. The molecule has 1 saturated carbocycles. The third-order valence-corrected chi connectivity index (χ3v) is 2.20. The maximum Gasteiger partial charge on any atom is 0.306 e. The van der Waals surface area contributed by atoms with Crippen LogP contribution in [-0.4, -0.2) is 23.3 Å². The molecule has 3 nitrogen and oxygen atoms in total. The molecule has 1 aliphatic carbocycles. The summed E-state index contributed by atoms with van der Waals surface area (Å²) in [6.45, 7) is 3.96. The first kappa shape index (κ1) is 9.52. The van der Waals surface area contributed by atoms with Crippen LogP contribution in [0.15, 0.2) is 0 Å². The van der Waals surface area contributed by atoms with Gasteiger partial charge >= 0.3 is 5.97 Å². The van der Waals surface area contributed by atoms with Crippen LogP contribution in [0.25, 0.3) is 0 Å². The Kier molecular flexibility index (Phi) is 3.09. The fourth-order valence-corrected chi connectivity index (χ4v) is 1.67. The van der Waals surface area contributed by atoms with Crippen molar-refractivity contribution < 1.29 is 14.6 Å². The van der Waals surface area contributed by atoms with E-state index in [9.17, 15) is 4.79 Å². The summed E-state index contributed by atoms with van der Waals surface area (Å²) in [6, 6.07) is 0. The SMILES string of the molecule is CC(C)OC1CCC(C(=O)O)C1. The second-order valence-corrected chi connectivity index (χ2v) is 3.66. The zero-order valence-electron chi connectivity index (χ0n) is 7.62. The van der Waals surface area contributed by atoms with Gasteiger partial charge in [-0.05, 0) is 33.1 Å². The quantitative estimate of drug-likeness (QED) is 0.704. The average molecular weight is 172 g/mol. The van der Waals surface area contributed by atoms with E-state index in [4.69, 9.17) is 9.84 Å². The minimum Gasteiger partial charge on any atom is -0.481 e. The molecule has 0 aliphatic heterocycles. The van der Waals surface area contributed by atoms with E-state index < -0.39 is 5.97 Å². The lowest BCUT2D eigenvalue weighted by Crippen LogP contribution is -2.16. The standard InChI is InChI=1S/C9H16O3/c1-6(2)12-8-4-3-7(5-8)9(10)11/h6-8H,3-5H2,1-2H3,(H,10,11). The van der Waals surface area contributed by atoms with Crippen LogP contribution < -0.4 is 0 Å². The normalized spacial score (nSPS) is 29.6. The van der Waals surface area contributed by atoms with Gasteiger partial charge in [0.2, 0.25) is 0 Å². The largest absolute Gasteiger partial charge is 0.481 e. The molecule has 0 bridgehead atoms. The molecule has 0 spiro atoms. The fraction of sp³-hybridized carbons (Fsp3) is 0.889. The first-order valence-electron chi connectivity index (χ1n) is 4.48. The third kappa shape index (κ3) is 2.48. The number of carbonyl (C=O) groups is 1. The van der Waals surface area contributed by atoms with Crippen molar-refractivity contribution in [2.24, 2.45) is 5.92 Å². The zero-order chi connectivity index (χ0) is 9.14. The summed E-state index contributed by atoms with van der Waals surface area (Å²) in [5.74, 6) is -0.849. The summed E-state index contributed by atoms with van der Waals surface area (Å²) in [6.07, 6.45) is 2.74. The van der Waals surface area contributed by atoms with E-state index >= 15 is 0 Å². The molecule has 1 rings (SSSR count). The van der Waals surface area contributed by atoms with E-state index in [1.54, 1.807) is 0 Å². The molecule has 3 heteroatoms. The summed E-state index contributed by atoms with van der Waals surface area (Å²) in [5.41, 5.74) is 0. The molecule has 0 radical (unpaired) electrons. The Labute approximate surface area is 72.7 Å². The number of carboxylic acid groups (broad SMARTS) is 1. The van der Waals surface area contributed by atoms with E-state index in [1.807, 2.05) is 13.8 Å². The van der Waals surface area contributed by atoms with Crippen LogP contribution in [0.5, 0.6) is 0 Å². The Morgan fingerprint density at radius 2 is 2.17 bits per heavy atom. The summed E-state index contributed by atoms with van der Waals surface area (Å²) in [7, 11) is 0. The van der Waals surface area contributed by atoms with E-state index in [1.165, 1.54) is 0 Å². The lowest BCUT2D eigenvalue weighted by atomic mass is 10.1. The van der Waals surface area contributed by atoms with Gasteiger partial charge in [0.1, 0.15) is 0 Å². The molecule has 70 valence electrons. The molecule has 2 unspecified atom stereocenters. The maximum atomic E-state index is 10.6. The summed E-state index contributed by atoms with van der Waals surface area (Å²) in [4.78, 5) is 10.6. The van der Waals surface area contributed by atoms with Crippen LogP contribution in [-0.2, 0) is 9.53 Å². The Balaban J connectivity index is 2.30. The molecular weight excluding hydrogens is 156 g/mol. The van der Waals surface area contributed by atoms with E-state index in [-0.39, 0.29) is 18.1 Å². The van der Waals surface area contributed by atoms with E-state index in [2.05, 4.69) is 0 Å². The minimum absolute atomic E-state index is 0.172. The van der Waals surface area contributed by atoms with Gasteiger partial charge in [-0.15, -0.1) is 0 Å². The number of ether oxygens (including phenoxy) is 1. The van der Waals surface area contributed by atoms with Crippen molar-refractivity contribution in [1.29, 1.82) is 0 Å². The van der Waals surface area contributed by atoms with Crippen LogP contribution in [0.1, 0.15) is 33.1 Å². The summed E-state index contributed by atoms with van der Waals surface area (Å²) < 4.78 is 5.53. The van der Waals surface area contributed by atoms with Crippen molar-refractivity contribution >= 4 is 5.97 Å². The molecule has 0 aromatic carbocycles. The first-order valence-corrected chi connectivity index (χ1v) is 4.48.